The molecule has 0 atom stereocenters. The molecule has 0 radical (unpaired) electrons. The van der Waals surface area contributed by atoms with Crippen LogP contribution in [0.4, 0.5) is 16.2 Å². The number of ether oxygens (including phenoxy) is 2. The van der Waals surface area contributed by atoms with E-state index in [9.17, 15) is 9.59 Å². The molecule has 9 heteroatoms. The number of amides is 1. The highest BCUT2D eigenvalue weighted by molar-refractivity contribution is 5.68. The van der Waals surface area contributed by atoms with Crippen molar-refractivity contribution < 1.29 is 28.6 Å². The second-order valence-electron chi connectivity index (χ2n) is 10.1. The molecule has 0 fully saturated rings. The van der Waals surface area contributed by atoms with E-state index in [0.717, 1.165) is 39.5 Å². The number of aliphatic carboxylic acids is 1. The van der Waals surface area contributed by atoms with Crippen LogP contribution in [0.25, 0.3) is 11.5 Å². The van der Waals surface area contributed by atoms with Gasteiger partial charge in [0.05, 0.1) is 18.4 Å². The lowest BCUT2D eigenvalue weighted by atomic mass is 10.00. The number of alkyl carbamates (subject to hydrolysis) is 1. The van der Waals surface area contributed by atoms with Crippen LogP contribution in [-0.4, -0.2) is 41.4 Å². The van der Waals surface area contributed by atoms with Gasteiger partial charge in [0.1, 0.15) is 11.5 Å². The van der Waals surface area contributed by atoms with E-state index in [1.165, 1.54) is 0 Å². The third-order valence-electron chi connectivity index (χ3n) is 6.49. The summed E-state index contributed by atoms with van der Waals surface area (Å²) in [6.45, 7) is 6.21. The highest BCUT2D eigenvalue weighted by Crippen LogP contribution is 2.26. The zero-order chi connectivity index (χ0) is 29.9. The molecule has 0 aliphatic heterocycles. The van der Waals surface area contributed by atoms with Crippen LogP contribution in [-0.2, 0) is 28.8 Å². The van der Waals surface area contributed by atoms with Gasteiger partial charge in [0.2, 0.25) is 5.89 Å². The molecule has 1 heterocycles. The SMILES string of the molecule is Cc1oc(-c2ccc(Nc3ccccc3)cc2)nc1CCOc1ccc(CCC(=O)O)c(CCNC(=O)OC(C)C)c1. The second kappa shape index (κ2) is 14.7. The Morgan fingerprint density at radius 1 is 0.929 bits per heavy atom. The Morgan fingerprint density at radius 2 is 1.67 bits per heavy atom. The van der Waals surface area contributed by atoms with E-state index in [1.54, 1.807) is 13.8 Å². The minimum absolute atomic E-state index is 0.0239. The highest BCUT2D eigenvalue weighted by atomic mass is 16.6. The van der Waals surface area contributed by atoms with Crippen LogP contribution >= 0.6 is 0 Å². The minimum atomic E-state index is -0.859. The molecule has 1 amide bonds. The second-order valence-corrected chi connectivity index (χ2v) is 10.1. The van der Waals surface area contributed by atoms with Crippen molar-refractivity contribution in [3.63, 3.8) is 0 Å². The standard InChI is InChI=1S/C33H37N3O6/c1-22(2)41-33(39)34-19-17-26-21-29(15-11-24(26)12-16-31(37)38)40-20-18-30-23(3)42-32(36-30)25-9-13-28(14-10-25)35-27-7-5-4-6-8-27/h4-11,13-15,21-22,35H,12,16-20H2,1-3H3,(H,34,39)(H,37,38). The maximum Gasteiger partial charge on any atom is 0.407 e. The summed E-state index contributed by atoms with van der Waals surface area (Å²) in [5, 5.41) is 15.2. The van der Waals surface area contributed by atoms with Gasteiger partial charge in [-0.3, -0.25) is 4.79 Å². The van der Waals surface area contributed by atoms with Crippen molar-refractivity contribution in [1.29, 1.82) is 0 Å². The van der Waals surface area contributed by atoms with Crippen molar-refractivity contribution in [2.45, 2.75) is 52.6 Å². The van der Waals surface area contributed by atoms with E-state index >= 15 is 0 Å². The molecule has 0 saturated carbocycles. The number of hydrogen-bond donors (Lipinski definition) is 3. The summed E-state index contributed by atoms with van der Waals surface area (Å²) >= 11 is 0. The number of oxazole rings is 1. The van der Waals surface area contributed by atoms with Gasteiger partial charge < -0.3 is 29.6 Å². The van der Waals surface area contributed by atoms with E-state index in [2.05, 4.69) is 10.6 Å². The van der Waals surface area contributed by atoms with Crippen LogP contribution in [0.3, 0.4) is 0 Å². The van der Waals surface area contributed by atoms with Crippen LogP contribution in [0, 0.1) is 6.92 Å². The number of para-hydroxylation sites is 1. The summed E-state index contributed by atoms with van der Waals surface area (Å²) in [5.74, 6) is 1.10. The lowest BCUT2D eigenvalue weighted by Crippen LogP contribution is -2.28. The molecule has 0 spiro atoms. The van der Waals surface area contributed by atoms with Crippen molar-refractivity contribution in [3.8, 4) is 17.2 Å². The third kappa shape index (κ3) is 9.12. The van der Waals surface area contributed by atoms with Crippen molar-refractivity contribution in [3.05, 3.63) is 95.4 Å². The van der Waals surface area contributed by atoms with Crippen molar-refractivity contribution >= 4 is 23.4 Å². The summed E-state index contributed by atoms with van der Waals surface area (Å²) in [5.41, 5.74) is 5.53. The summed E-state index contributed by atoms with van der Waals surface area (Å²) < 4.78 is 17.1. The van der Waals surface area contributed by atoms with Crippen molar-refractivity contribution in [1.82, 2.24) is 10.3 Å². The normalized spacial score (nSPS) is 10.9. The Hall–Kier alpha value is -4.79. The number of rotatable bonds is 14. The summed E-state index contributed by atoms with van der Waals surface area (Å²) in [6, 6.07) is 23.5. The molecular weight excluding hydrogens is 534 g/mol. The molecule has 0 aliphatic carbocycles. The van der Waals surface area contributed by atoms with Gasteiger partial charge in [-0.15, -0.1) is 0 Å². The first-order valence-electron chi connectivity index (χ1n) is 14.1. The Labute approximate surface area is 245 Å². The molecule has 42 heavy (non-hydrogen) atoms. The van der Waals surface area contributed by atoms with Crippen LogP contribution in [0.5, 0.6) is 5.75 Å². The van der Waals surface area contributed by atoms with Gasteiger partial charge in [0.15, 0.2) is 0 Å². The van der Waals surface area contributed by atoms with Gasteiger partial charge in [-0.25, -0.2) is 9.78 Å². The summed E-state index contributed by atoms with van der Waals surface area (Å²) in [6.07, 6.45) is 0.806. The molecule has 4 rings (SSSR count). The fourth-order valence-corrected chi connectivity index (χ4v) is 4.40. The van der Waals surface area contributed by atoms with Crippen LogP contribution in [0.2, 0.25) is 0 Å². The maximum absolute atomic E-state index is 11.8. The number of nitrogens with one attached hydrogen (secondary N) is 2. The zero-order valence-electron chi connectivity index (χ0n) is 24.2. The van der Waals surface area contributed by atoms with E-state index in [4.69, 9.17) is 24.0 Å². The Bertz CT molecular complexity index is 1470. The van der Waals surface area contributed by atoms with E-state index < -0.39 is 12.1 Å². The first kappa shape index (κ1) is 30.2. The first-order chi connectivity index (χ1) is 20.3. The quantitative estimate of drug-likeness (QED) is 0.153. The molecule has 0 aliphatic rings. The first-order valence-corrected chi connectivity index (χ1v) is 14.1. The van der Waals surface area contributed by atoms with Gasteiger partial charge in [-0.2, -0.15) is 0 Å². The Balaban J connectivity index is 1.34. The molecule has 4 aromatic rings. The Morgan fingerprint density at radius 3 is 2.38 bits per heavy atom. The molecule has 3 N–H and O–H groups in total. The lowest BCUT2D eigenvalue weighted by Gasteiger charge is -2.14. The number of carboxylic acids is 1. The average Bonchev–Trinajstić information content (AvgIpc) is 3.33. The van der Waals surface area contributed by atoms with Crippen molar-refractivity contribution in [2.75, 3.05) is 18.5 Å². The molecule has 220 valence electrons. The van der Waals surface area contributed by atoms with E-state index in [1.807, 2.05) is 79.7 Å². The summed E-state index contributed by atoms with van der Waals surface area (Å²) in [7, 11) is 0. The van der Waals surface area contributed by atoms with Gasteiger partial charge in [0.25, 0.3) is 0 Å². The number of aryl methyl sites for hydroxylation is 2. The minimum Gasteiger partial charge on any atom is -0.493 e. The number of anilines is 2. The third-order valence-corrected chi connectivity index (χ3v) is 6.49. The lowest BCUT2D eigenvalue weighted by molar-refractivity contribution is -0.136. The Kier molecular flexibility index (Phi) is 10.6. The molecule has 0 unspecified atom stereocenters. The van der Waals surface area contributed by atoms with Crippen LogP contribution < -0.4 is 15.4 Å². The van der Waals surface area contributed by atoms with E-state index in [0.29, 0.717) is 44.1 Å². The number of carbonyl (C=O) groups is 2. The van der Waals surface area contributed by atoms with E-state index in [-0.39, 0.29) is 12.5 Å². The van der Waals surface area contributed by atoms with Crippen molar-refractivity contribution in [2.24, 2.45) is 0 Å². The predicted octanol–water partition coefficient (Wildman–Crippen LogP) is 6.71. The fraction of sp³-hybridized carbons (Fsp3) is 0.303. The molecular formula is C33H37N3O6. The highest BCUT2D eigenvalue weighted by Gasteiger charge is 2.13. The van der Waals surface area contributed by atoms with Gasteiger partial charge >= 0.3 is 12.1 Å². The smallest absolute Gasteiger partial charge is 0.407 e. The molecule has 1 aromatic heterocycles. The topological polar surface area (TPSA) is 123 Å². The fourth-order valence-electron chi connectivity index (χ4n) is 4.40. The van der Waals surface area contributed by atoms with Gasteiger partial charge in [0, 0.05) is 36.3 Å². The number of hydrogen-bond acceptors (Lipinski definition) is 7. The van der Waals surface area contributed by atoms with Crippen LogP contribution in [0.1, 0.15) is 42.8 Å². The summed E-state index contributed by atoms with van der Waals surface area (Å²) in [4.78, 5) is 27.7. The number of nitrogens with zero attached hydrogens (tertiary/aromatic N) is 1. The van der Waals surface area contributed by atoms with Gasteiger partial charge in [-0.1, -0.05) is 24.3 Å². The molecule has 9 nitrogen and oxygen atoms in total. The number of aromatic nitrogens is 1. The number of benzene rings is 3. The molecule has 0 bridgehead atoms. The largest absolute Gasteiger partial charge is 0.493 e. The monoisotopic (exact) mass is 571 g/mol. The number of carbonyl (C=O) groups excluding carboxylic acids is 1. The van der Waals surface area contributed by atoms with Gasteiger partial charge in [-0.05, 0) is 93.3 Å². The number of carboxylic acid groups (broad SMARTS) is 1. The molecule has 3 aromatic carbocycles. The van der Waals surface area contributed by atoms with Crippen LogP contribution in [0.15, 0.2) is 77.2 Å². The predicted molar refractivity (Wildman–Crippen MR) is 161 cm³/mol. The molecule has 0 saturated heterocycles. The average molecular weight is 572 g/mol. The zero-order valence-corrected chi connectivity index (χ0v) is 24.2. The maximum atomic E-state index is 11.8.